The predicted octanol–water partition coefficient (Wildman–Crippen LogP) is 3.54. The Morgan fingerprint density at radius 2 is 1.62 bits per heavy atom. The third kappa shape index (κ3) is 2.64. The fourth-order valence-electron chi connectivity index (χ4n) is 1.32. The molecule has 0 spiro atoms. The van der Waals surface area contributed by atoms with Crippen LogP contribution < -0.4 is 0 Å². The smallest absolute Gasteiger partial charge is 0.335 e. The highest BCUT2D eigenvalue weighted by atomic mass is 32.2. The van der Waals surface area contributed by atoms with Crippen LogP contribution >= 0.6 is 11.8 Å². The summed E-state index contributed by atoms with van der Waals surface area (Å²) in [5.41, 5.74) is 0.320. The highest BCUT2D eigenvalue weighted by molar-refractivity contribution is 7.99. The Kier molecular flexibility index (Phi) is 3.27. The first kappa shape index (κ1) is 10.8. The van der Waals surface area contributed by atoms with Gasteiger partial charge in [0.2, 0.25) is 0 Å². The largest absolute Gasteiger partial charge is 0.478 e. The SMILES string of the molecule is O=C(O)c1cccc(Sc2ccccc2)c1. The van der Waals surface area contributed by atoms with Crippen molar-refractivity contribution in [1.29, 1.82) is 0 Å². The standard InChI is InChI=1S/C13H10O2S/c14-13(15)10-5-4-8-12(9-10)16-11-6-2-1-3-7-11/h1-9H,(H,14,15). The molecular formula is C13H10O2S. The number of benzene rings is 2. The molecule has 0 aliphatic carbocycles. The third-order valence-electron chi connectivity index (χ3n) is 2.06. The van der Waals surface area contributed by atoms with Crippen LogP contribution in [0.4, 0.5) is 0 Å². The number of carboxylic acids is 1. The van der Waals surface area contributed by atoms with E-state index in [1.54, 1.807) is 30.0 Å². The molecule has 0 saturated carbocycles. The molecule has 2 aromatic rings. The molecule has 0 unspecified atom stereocenters. The number of aromatic carboxylic acids is 1. The second-order valence-electron chi connectivity index (χ2n) is 3.25. The van der Waals surface area contributed by atoms with E-state index >= 15 is 0 Å². The lowest BCUT2D eigenvalue weighted by Crippen LogP contribution is -1.95. The molecular weight excluding hydrogens is 220 g/mol. The second-order valence-corrected chi connectivity index (χ2v) is 4.40. The minimum Gasteiger partial charge on any atom is -0.478 e. The van der Waals surface area contributed by atoms with Crippen molar-refractivity contribution in [3.8, 4) is 0 Å². The molecule has 0 aromatic heterocycles. The Balaban J connectivity index is 2.22. The molecule has 2 rings (SSSR count). The maximum atomic E-state index is 10.8. The maximum Gasteiger partial charge on any atom is 0.335 e. The molecule has 0 aliphatic rings. The molecule has 0 atom stereocenters. The molecule has 0 radical (unpaired) electrons. The first-order valence-corrected chi connectivity index (χ1v) is 5.63. The van der Waals surface area contributed by atoms with Crippen LogP contribution in [0.25, 0.3) is 0 Å². The van der Waals surface area contributed by atoms with Gasteiger partial charge in [0.1, 0.15) is 0 Å². The Hall–Kier alpha value is -1.74. The number of hydrogen-bond donors (Lipinski definition) is 1. The van der Waals surface area contributed by atoms with Crippen LogP contribution in [0.2, 0.25) is 0 Å². The van der Waals surface area contributed by atoms with Crippen LogP contribution in [0.15, 0.2) is 64.4 Å². The summed E-state index contributed by atoms with van der Waals surface area (Å²) in [4.78, 5) is 12.8. The molecule has 1 N–H and O–H groups in total. The first-order valence-electron chi connectivity index (χ1n) is 4.82. The van der Waals surface area contributed by atoms with Crippen molar-refractivity contribution in [3.05, 3.63) is 60.2 Å². The lowest BCUT2D eigenvalue weighted by molar-refractivity contribution is 0.0696. The van der Waals surface area contributed by atoms with Crippen molar-refractivity contribution in [3.63, 3.8) is 0 Å². The molecule has 0 saturated heterocycles. The van der Waals surface area contributed by atoms with Crippen molar-refractivity contribution in [2.45, 2.75) is 9.79 Å². The van der Waals surface area contributed by atoms with Gasteiger partial charge in [0.25, 0.3) is 0 Å². The molecule has 16 heavy (non-hydrogen) atoms. The zero-order valence-corrected chi connectivity index (χ0v) is 9.28. The van der Waals surface area contributed by atoms with Gasteiger partial charge in [-0.25, -0.2) is 4.79 Å². The number of carboxylic acid groups (broad SMARTS) is 1. The van der Waals surface area contributed by atoms with Gasteiger partial charge in [0.05, 0.1) is 5.56 Å². The van der Waals surface area contributed by atoms with Gasteiger partial charge in [-0.3, -0.25) is 0 Å². The summed E-state index contributed by atoms with van der Waals surface area (Å²) < 4.78 is 0. The number of carbonyl (C=O) groups is 1. The molecule has 2 nitrogen and oxygen atoms in total. The van der Waals surface area contributed by atoms with Crippen molar-refractivity contribution >= 4 is 17.7 Å². The van der Waals surface area contributed by atoms with Gasteiger partial charge >= 0.3 is 5.97 Å². The van der Waals surface area contributed by atoms with Crippen LogP contribution in [0.5, 0.6) is 0 Å². The van der Waals surface area contributed by atoms with Crippen LogP contribution in [-0.4, -0.2) is 11.1 Å². The van der Waals surface area contributed by atoms with Gasteiger partial charge in [0.15, 0.2) is 0 Å². The summed E-state index contributed by atoms with van der Waals surface area (Å²) in [6.07, 6.45) is 0. The van der Waals surface area contributed by atoms with E-state index in [0.717, 1.165) is 9.79 Å². The zero-order valence-electron chi connectivity index (χ0n) is 8.46. The lowest BCUT2D eigenvalue weighted by Gasteiger charge is -2.02. The van der Waals surface area contributed by atoms with Gasteiger partial charge in [-0.1, -0.05) is 36.0 Å². The van der Waals surface area contributed by atoms with E-state index in [2.05, 4.69) is 0 Å². The molecule has 3 heteroatoms. The summed E-state index contributed by atoms with van der Waals surface area (Å²) >= 11 is 1.56. The highest BCUT2D eigenvalue weighted by Crippen LogP contribution is 2.27. The van der Waals surface area contributed by atoms with Crippen molar-refractivity contribution in [2.75, 3.05) is 0 Å². The molecule has 0 amide bonds. The minimum absolute atomic E-state index is 0.320. The molecule has 0 aliphatic heterocycles. The number of hydrogen-bond acceptors (Lipinski definition) is 2. The van der Waals surface area contributed by atoms with Gasteiger partial charge in [0, 0.05) is 9.79 Å². The van der Waals surface area contributed by atoms with Gasteiger partial charge < -0.3 is 5.11 Å². The highest BCUT2D eigenvalue weighted by Gasteiger charge is 2.03. The van der Waals surface area contributed by atoms with Crippen molar-refractivity contribution in [2.24, 2.45) is 0 Å². The van der Waals surface area contributed by atoms with Gasteiger partial charge in [-0.05, 0) is 30.3 Å². The fraction of sp³-hybridized carbons (Fsp3) is 0. The molecule has 80 valence electrons. The van der Waals surface area contributed by atoms with E-state index in [4.69, 9.17) is 5.11 Å². The summed E-state index contributed by atoms with van der Waals surface area (Å²) in [5, 5.41) is 8.87. The topological polar surface area (TPSA) is 37.3 Å². The monoisotopic (exact) mass is 230 g/mol. The molecule has 0 heterocycles. The predicted molar refractivity (Wildman–Crippen MR) is 64.0 cm³/mol. The maximum absolute atomic E-state index is 10.8. The lowest BCUT2D eigenvalue weighted by atomic mass is 10.2. The molecule has 0 fully saturated rings. The van der Waals surface area contributed by atoms with Crippen molar-refractivity contribution < 1.29 is 9.90 Å². The zero-order chi connectivity index (χ0) is 11.4. The second kappa shape index (κ2) is 4.86. The third-order valence-corrected chi connectivity index (χ3v) is 3.06. The average Bonchev–Trinajstić information content (AvgIpc) is 2.30. The van der Waals surface area contributed by atoms with Gasteiger partial charge in [-0.2, -0.15) is 0 Å². The van der Waals surface area contributed by atoms with E-state index in [9.17, 15) is 4.79 Å². The Bertz CT molecular complexity index is 494. The number of rotatable bonds is 3. The first-order chi connectivity index (χ1) is 7.75. The summed E-state index contributed by atoms with van der Waals surface area (Å²) in [7, 11) is 0. The van der Waals surface area contributed by atoms with Crippen LogP contribution in [0.1, 0.15) is 10.4 Å². The average molecular weight is 230 g/mol. The summed E-state index contributed by atoms with van der Waals surface area (Å²) in [5.74, 6) is -0.893. The van der Waals surface area contributed by atoms with Crippen LogP contribution in [0, 0.1) is 0 Å². The Morgan fingerprint density at radius 1 is 0.938 bits per heavy atom. The fourth-order valence-corrected chi connectivity index (χ4v) is 2.22. The summed E-state index contributed by atoms with van der Waals surface area (Å²) in [6, 6.07) is 16.8. The van der Waals surface area contributed by atoms with E-state index in [0.29, 0.717) is 5.56 Å². The Labute approximate surface area is 97.9 Å². The normalized spacial score (nSPS) is 10.0. The van der Waals surface area contributed by atoms with Crippen LogP contribution in [-0.2, 0) is 0 Å². The molecule has 2 aromatic carbocycles. The quantitative estimate of drug-likeness (QED) is 0.876. The summed E-state index contributed by atoms with van der Waals surface area (Å²) in [6.45, 7) is 0. The van der Waals surface area contributed by atoms with Crippen molar-refractivity contribution in [1.82, 2.24) is 0 Å². The van der Waals surface area contributed by atoms with Gasteiger partial charge in [-0.15, -0.1) is 0 Å². The minimum atomic E-state index is -0.893. The molecule has 0 bridgehead atoms. The van der Waals surface area contributed by atoms with E-state index in [1.807, 2.05) is 36.4 Å². The Morgan fingerprint density at radius 3 is 2.31 bits per heavy atom. The van der Waals surface area contributed by atoms with E-state index in [-0.39, 0.29) is 0 Å². The van der Waals surface area contributed by atoms with Crippen LogP contribution in [0.3, 0.4) is 0 Å². The van der Waals surface area contributed by atoms with E-state index in [1.165, 1.54) is 0 Å². The van der Waals surface area contributed by atoms with E-state index < -0.39 is 5.97 Å².